The summed E-state index contributed by atoms with van der Waals surface area (Å²) in [6.45, 7) is -0.00488. The number of amides is 1. The second-order valence-corrected chi connectivity index (χ2v) is 7.03. The van der Waals surface area contributed by atoms with Crippen molar-refractivity contribution < 1.29 is 22.5 Å². The zero-order chi connectivity index (χ0) is 21.1. The molecule has 0 aliphatic heterocycles. The standard InChI is InChI=1S/C20H13F3N4O2S/c21-20(22,23)14-8-4-7-13(9-14)19-25-15(11-30-19)18(28)24-10-16-26-17(27-29-16)12-5-2-1-3-6-12/h1-9,11H,10H2,(H,24,28). The highest BCUT2D eigenvalue weighted by Crippen LogP contribution is 2.33. The van der Waals surface area contributed by atoms with Crippen molar-refractivity contribution in [3.8, 4) is 22.0 Å². The molecule has 0 aliphatic rings. The van der Waals surface area contributed by atoms with E-state index in [2.05, 4.69) is 20.4 Å². The Morgan fingerprint density at radius 1 is 1.03 bits per heavy atom. The summed E-state index contributed by atoms with van der Waals surface area (Å²) >= 11 is 1.08. The molecule has 1 N–H and O–H groups in total. The van der Waals surface area contributed by atoms with Crippen LogP contribution in [0, 0.1) is 0 Å². The van der Waals surface area contributed by atoms with E-state index in [1.54, 1.807) is 0 Å². The Kier molecular flexibility index (Phi) is 5.32. The van der Waals surface area contributed by atoms with Gasteiger partial charge >= 0.3 is 6.18 Å². The van der Waals surface area contributed by atoms with Crippen LogP contribution in [-0.2, 0) is 12.7 Å². The molecule has 4 rings (SSSR count). The number of carbonyl (C=O) groups excluding carboxylic acids is 1. The number of alkyl halides is 3. The van der Waals surface area contributed by atoms with E-state index in [0.717, 1.165) is 29.0 Å². The van der Waals surface area contributed by atoms with Crippen LogP contribution in [-0.4, -0.2) is 21.0 Å². The molecule has 0 radical (unpaired) electrons. The number of thiazole rings is 1. The maximum Gasteiger partial charge on any atom is 0.416 e. The number of hydrogen-bond donors (Lipinski definition) is 1. The Morgan fingerprint density at radius 2 is 1.80 bits per heavy atom. The van der Waals surface area contributed by atoms with Crippen molar-refractivity contribution in [1.82, 2.24) is 20.4 Å². The summed E-state index contributed by atoms with van der Waals surface area (Å²) in [5.74, 6) is 0.125. The number of rotatable bonds is 5. The number of halogens is 3. The Morgan fingerprint density at radius 3 is 2.57 bits per heavy atom. The first-order chi connectivity index (χ1) is 14.4. The van der Waals surface area contributed by atoms with Gasteiger partial charge in [0.15, 0.2) is 0 Å². The normalized spacial score (nSPS) is 11.4. The van der Waals surface area contributed by atoms with Crippen molar-refractivity contribution in [1.29, 1.82) is 0 Å². The van der Waals surface area contributed by atoms with E-state index >= 15 is 0 Å². The summed E-state index contributed by atoms with van der Waals surface area (Å²) in [5.41, 5.74) is 0.393. The number of nitrogens with zero attached hydrogens (tertiary/aromatic N) is 3. The Balaban J connectivity index is 1.42. The second-order valence-electron chi connectivity index (χ2n) is 6.18. The highest BCUT2D eigenvalue weighted by Gasteiger charge is 2.30. The molecule has 2 heterocycles. The van der Waals surface area contributed by atoms with E-state index < -0.39 is 17.6 Å². The number of carbonyl (C=O) groups is 1. The van der Waals surface area contributed by atoms with Crippen LogP contribution in [0.15, 0.2) is 64.5 Å². The first-order valence-corrected chi connectivity index (χ1v) is 9.57. The van der Waals surface area contributed by atoms with Gasteiger partial charge < -0.3 is 9.84 Å². The number of hydrogen-bond acceptors (Lipinski definition) is 6. The summed E-state index contributed by atoms with van der Waals surface area (Å²) < 4.78 is 43.8. The van der Waals surface area contributed by atoms with Gasteiger partial charge in [0, 0.05) is 16.5 Å². The van der Waals surface area contributed by atoms with Gasteiger partial charge in [0.1, 0.15) is 10.7 Å². The maximum atomic E-state index is 12.9. The van der Waals surface area contributed by atoms with E-state index in [0.29, 0.717) is 16.4 Å². The lowest BCUT2D eigenvalue weighted by Gasteiger charge is -2.07. The average molecular weight is 430 g/mol. The fourth-order valence-corrected chi connectivity index (χ4v) is 3.41. The molecule has 0 bridgehead atoms. The van der Waals surface area contributed by atoms with E-state index in [1.807, 2.05) is 30.3 Å². The molecule has 10 heteroatoms. The molecule has 2 aromatic heterocycles. The molecule has 0 spiro atoms. The molecule has 6 nitrogen and oxygen atoms in total. The molecule has 0 saturated carbocycles. The fourth-order valence-electron chi connectivity index (χ4n) is 2.62. The van der Waals surface area contributed by atoms with Crippen molar-refractivity contribution in [2.45, 2.75) is 12.7 Å². The largest absolute Gasteiger partial charge is 0.416 e. The van der Waals surface area contributed by atoms with Gasteiger partial charge in [-0.15, -0.1) is 11.3 Å². The minimum Gasteiger partial charge on any atom is -0.342 e. The third kappa shape index (κ3) is 4.38. The van der Waals surface area contributed by atoms with Gasteiger partial charge in [-0.25, -0.2) is 4.98 Å². The van der Waals surface area contributed by atoms with Gasteiger partial charge in [0.25, 0.3) is 5.91 Å². The molecular weight excluding hydrogens is 417 g/mol. The number of nitrogens with one attached hydrogen (secondary N) is 1. The van der Waals surface area contributed by atoms with Crippen molar-refractivity contribution in [2.75, 3.05) is 0 Å². The molecule has 0 unspecified atom stereocenters. The molecule has 152 valence electrons. The van der Waals surface area contributed by atoms with Gasteiger partial charge in [-0.1, -0.05) is 47.6 Å². The third-order valence-corrected chi connectivity index (χ3v) is 4.97. The Bertz CT molecular complexity index is 1170. The van der Waals surface area contributed by atoms with Crippen LogP contribution in [0.3, 0.4) is 0 Å². The van der Waals surface area contributed by atoms with Crippen molar-refractivity contribution in [3.05, 3.63) is 77.1 Å². The zero-order valence-electron chi connectivity index (χ0n) is 15.2. The van der Waals surface area contributed by atoms with Gasteiger partial charge in [0.05, 0.1) is 12.1 Å². The fraction of sp³-hybridized carbons (Fsp3) is 0.100. The lowest BCUT2D eigenvalue weighted by Crippen LogP contribution is -2.23. The molecule has 30 heavy (non-hydrogen) atoms. The van der Waals surface area contributed by atoms with Crippen LogP contribution in [0.5, 0.6) is 0 Å². The summed E-state index contributed by atoms with van der Waals surface area (Å²) in [4.78, 5) is 20.7. The second kappa shape index (κ2) is 8.07. The Labute approximate surface area is 172 Å². The van der Waals surface area contributed by atoms with Gasteiger partial charge in [-0.3, -0.25) is 4.79 Å². The minimum absolute atomic E-state index is 0.00488. The quantitative estimate of drug-likeness (QED) is 0.492. The van der Waals surface area contributed by atoms with Crippen LogP contribution in [0.2, 0.25) is 0 Å². The first kappa shape index (κ1) is 19.8. The van der Waals surface area contributed by atoms with E-state index in [1.165, 1.54) is 17.5 Å². The summed E-state index contributed by atoms with van der Waals surface area (Å²) in [6, 6.07) is 14.0. The zero-order valence-corrected chi connectivity index (χ0v) is 16.0. The Hall–Kier alpha value is -3.53. The first-order valence-electron chi connectivity index (χ1n) is 8.69. The molecule has 1 amide bonds. The SMILES string of the molecule is O=C(NCc1nc(-c2ccccc2)no1)c1csc(-c2cccc(C(F)(F)F)c2)n1. The summed E-state index contributed by atoms with van der Waals surface area (Å²) in [5, 5.41) is 8.27. The maximum absolute atomic E-state index is 12.9. The molecule has 0 fully saturated rings. The van der Waals surface area contributed by atoms with Crippen molar-refractivity contribution >= 4 is 17.2 Å². The predicted octanol–water partition coefficient (Wildman–Crippen LogP) is 4.81. The number of aromatic nitrogens is 3. The molecule has 4 aromatic rings. The number of benzene rings is 2. The highest BCUT2D eigenvalue weighted by molar-refractivity contribution is 7.13. The topological polar surface area (TPSA) is 80.9 Å². The lowest BCUT2D eigenvalue weighted by atomic mass is 10.1. The van der Waals surface area contributed by atoms with Crippen molar-refractivity contribution in [3.63, 3.8) is 0 Å². The van der Waals surface area contributed by atoms with Crippen LogP contribution in [0.4, 0.5) is 13.2 Å². The minimum atomic E-state index is -4.45. The highest BCUT2D eigenvalue weighted by atomic mass is 32.1. The van der Waals surface area contributed by atoms with Crippen LogP contribution < -0.4 is 5.32 Å². The molecular formula is C20H13F3N4O2S. The molecule has 0 aliphatic carbocycles. The van der Waals surface area contributed by atoms with Crippen LogP contribution in [0.1, 0.15) is 21.9 Å². The summed E-state index contributed by atoms with van der Waals surface area (Å²) in [7, 11) is 0. The van der Waals surface area contributed by atoms with Crippen LogP contribution in [0.25, 0.3) is 22.0 Å². The molecule has 2 aromatic carbocycles. The van der Waals surface area contributed by atoms with E-state index in [4.69, 9.17) is 4.52 Å². The smallest absolute Gasteiger partial charge is 0.342 e. The van der Waals surface area contributed by atoms with E-state index in [-0.39, 0.29) is 18.1 Å². The van der Waals surface area contributed by atoms with Crippen LogP contribution >= 0.6 is 11.3 Å². The monoisotopic (exact) mass is 430 g/mol. The van der Waals surface area contributed by atoms with E-state index in [9.17, 15) is 18.0 Å². The summed E-state index contributed by atoms with van der Waals surface area (Å²) in [6.07, 6.45) is -4.45. The third-order valence-electron chi connectivity index (χ3n) is 4.07. The average Bonchev–Trinajstić information content (AvgIpc) is 3.42. The van der Waals surface area contributed by atoms with Crippen molar-refractivity contribution in [2.24, 2.45) is 0 Å². The molecule has 0 atom stereocenters. The van der Waals surface area contributed by atoms with Gasteiger partial charge in [0.2, 0.25) is 11.7 Å². The van der Waals surface area contributed by atoms with Gasteiger partial charge in [-0.2, -0.15) is 18.2 Å². The molecule has 0 saturated heterocycles. The van der Waals surface area contributed by atoms with Gasteiger partial charge in [-0.05, 0) is 12.1 Å². The lowest BCUT2D eigenvalue weighted by molar-refractivity contribution is -0.137. The predicted molar refractivity (Wildman–Crippen MR) is 103 cm³/mol.